The lowest BCUT2D eigenvalue weighted by atomic mass is 10.0. The van der Waals surface area contributed by atoms with Crippen molar-refractivity contribution in [3.63, 3.8) is 0 Å². The molecule has 0 aliphatic carbocycles. The highest BCUT2D eigenvalue weighted by molar-refractivity contribution is 6.31. The molecule has 19 heavy (non-hydrogen) atoms. The molecule has 0 aliphatic heterocycles. The Bertz CT molecular complexity index is 566. The molecule has 0 aliphatic rings. The maximum Gasteiger partial charge on any atom is 0.0511 e. The highest BCUT2D eigenvalue weighted by Gasteiger charge is 2.10. The maximum absolute atomic E-state index is 6.06. The summed E-state index contributed by atoms with van der Waals surface area (Å²) in [7, 11) is 0. The summed E-state index contributed by atoms with van der Waals surface area (Å²) >= 11 is 12.0. The molecule has 1 nitrogen and oxygen atoms in total. The molecule has 3 heteroatoms. The fourth-order valence-electron chi connectivity index (χ4n) is 2.12. The fourth-order valence-corrected chi connectivity index (χ4v) is 2.55. The molecular formula is C16H17Cl2N. The summed E-state index contributed by atoms with van der Waals surface area (Å²) in [4.78, 5) is 0. The minimum Gasteiger partial charge on any atom is -0.378 e. The van der Waals surface area contributed by atoms with Gasteiger partial charge in [0.1, 0.15) is 0 Å². The number of aryl methyl sites for hydroxylation is 1. The molecule has 1 unspecified atom stereocenters. The van der Waals surface area contributed by atoms with Gasteiger partial charge in [-0.1, -0.05) is 42.3 Å². The van der Waals surface area contributed by atoms with E-state index >= 15 is 0 Å². The summed E-state index contributed by atoms with van der Waals surface area (Å²) in [6.45, 7) is 4.21. The summed E-state index contributed by atoms with van der Waals surface area (Å²) in [6, 6.07) is 14.1. The van der Waals surface area contributed by atoms with Gasteiger partial charge in [-0.15, -0.1) is 0 Å². The molecule has 2 rings (SSSR count). The fraction of sp³-hybridized carbons (Fsp3) is 0.250. The van der Waals surface area contributed by atoms with E-state index in [-0.39, 0.29) is 6.04 Å². The Morgan fingerprint density at radius 1 is 1.05 bits per heavy atom. The van der Waals surface area contributed by atoms with E-state index in [1.165, 1.54) is 5.56 Å². The molecule has 0 heterocycles. The second kappa shape index (κ2) is 6.31. The summed E-state index contributed by atoms with van der Waals surface area (Å²) in [5.41, 5.74) is 3.45. The maximum atomic E-state index is 6.06. The Morgan fingerprint density at radius 3 is 2.42 bits per heavy atom. The van der Waals surface area contributed by atoms with E-state index in [9.17, 15) is 0 Å². The number of benzene rings is 2. The summed E-state index contributed by atoms with van der Waals surface area (Å²) in [5.74, 6) is 0. The molecule has 0 aromatic heterocycles. The van der Waals surface area contributed by atoms with E-state index in [1.807, 2.05) is 36.4 Å². The highest BCUT2D eigenvalue weighted by Crippen LogP contribution is 2.27. The molecule has 2 aromatic carbocycles. The monoisotopic (exact) mass is 293 g/mol. The standard InChI is InChI=1S/C16H17Cl2N/c1-3-15(12-5-4-6-13(17)10-12)19-16-8-7-14(18)9-11(16)2/h4-10,15,19H,3H2,1-2H3. The van der Waals surface area contributed by atoms with Crippen molar-refractivity contribution in [1.29, 1.82) is 0 Å². The minimum atomic E-state index is 0.249. The largest absolute Gasteiger partial charge is 0.378 e. The highest BCUT2D eigenvalue weighted by atomic mass is 35.5. The van der Waals surface area contributed by atoms with Gasteiger partial charge < -0.3 is 5.32 Å². The molecular weight excluding hydrogens is 277 g/mol. The quantitative estimate of drug-likeness (QED) is 0.744. The topological polar surface area (TPSA) is 12.0 Å². The predicted molar refractivity (Wildman–Crippen MR) is 84.3 cm³/mol. The number of hydrogen-bond acceptors (Lipinski definition) is 1. The number of anilines is 1. The lowest BCUT2D eigenvalue weighted by Crippen LogP contribution is -2.10. The molecule has 2 aromatic rings. The SMILES string of the molecule is CCC(Nc1ccc(Cl)cc1C)c1cccc(Cl)c1. The van der Waals surface area contributed by atoms with Crippen LogP contribution in [0.1, 0.15) is 30.5 Å². The molecule has 1 N–H and O–H groups in total. The van der Waals surface area contributed by atoms with Crippen LogP contribution in [-0.4, -0.2) is 0 Å². The van der Waals surface area contributed by atoms with Crippen LogP contribution in [0.5, 0.6) is 0 Å². The van der Waals surface area contributed by atoms with E-state index in [4.69, 9.17) is 23.2 Å². The molecule has 0 radical (unpaired) electrons. The predicted octanol–water partition coefficient (Wildman–Crippen LogP) is 5.87. The third-order valence-electron chi connectivity index (χ3n) is 3.18. The zero-order chi connectivity index (χ0) is 13.8. The van der Waals surface area contributed by atoms with Crippen molar-refractivity contribution in [2.45, 2.75) is 26.3 Å². The van der Waals surface area contributed by atoms with Gasteiger partial charge in [0.25, 0.3) is 0 Å². The van der Waals surface area contributed by atoms with Crippen molar-refractivity contribution in [3.8, 4) is 0 Å². The van der Waals surface area contributed by atoms with Crippen molar-refractivity contribution in [2.75, 3.05) is 5.32 Å². The van der Waals surface area contributed by atoms with Gasteiger partial charge in [0.2, 0.25) is 0 Å². The van der Waals surface area contributed by atoms with E-state index in [1.54, 1.807) is 0 Å². The van der Waals surface area contributed by atoms with Crippen molar-refractivity contribution < 1.29 is 0 Å². The molecule has 0 amide bonds. The first-order valence-corrected chi connectivity index (χ1v) is 7.14. The summed E-state index contributed by atoms with van der Waals surface area (Å²) in [6.07, 6.45) is 0.989. The smallest absolute Gasteiger partial charge is 0.0511 e. The van der Waals surface area contributed by atoms with Crippen LogP contribution in [0.25, 0.3) is 0 Å². The number of halogens is 2. The summed E-state index contributed by atoms with van der Waals surface area (Å²) < 4.78 is 0. The van der Waals surface area contributed by atoms with Gasteiger partial charge in [0, 0.05) is 15.7 Å². The van der Waals surface area contributed by atoms with Crippen molar-refractivity contribution in [1.82, 2.24) is 0 Å². The van der Waals surface area contributed by atoms with Crippen LogP contribution in [0.15, 0.2) is 42.5 Å². The zero-order valence-electron chi connectivity index (χ0n) is 11.1. The molecule has 0 bridgehead atoms. The van der Waals surface area contributed by atoms with Gasteiger partial charge in [-0.2, -0.15) is 0 Å². The molecule has 0 saturated carbocycles. The first kappa shape index (κ1) is 14.2. The lowest BCUT2D eigenvalue weighted by molar-refractivity contribution is 0.748. The Balaban J connectivity index is 2.24. The molecule has 0 spiro atoms. The first-order valence-electron chi connectivity index (χ1n) is 6.38. The van der Waals surface area contributed by atoms with Gasteiger partial charge in [-0.3, -0.25) is 0 Å². The Kier molecular flexibility index (Phi) is 4.73. The molecule has 0 fully saturated rings. The van der Waals surface area contributed by atoms with Crippen LogP contribution < -0.4 is 5.32 Å². The van der Waals surface area contributed by atoms with Crippen molar-refractivity contribution >= 4 is 28.9 Å². The Labute approximate surface area is 124 Å². The van der Waals surface area contributed by atoms with Crippen molar-refractivity contribution in [2.24, 2.45) is 0 Å². The van der Waals surface area contributed by atoms with Crippen LogP contribution in [0.2, 0.25) is 10.0 Å². The van der Waals surface area contributed by atoms with E-state index in [0.29, 0.717) is 0 Å². The average Bonchev–Trinajstić information content (AvgIpc) is 2.38. The molecule has 100 valence electrons. The zero-order valence-corrected chi connectivity index (χ0v) is 12.6. The lowest BCUT2D eigenvalue weighted by Gasteiger charge is -2.20. The first-order chi connectivity index (χ1) is 9.10. The van der Waals surface area contributed by atoms with Gasteiger partial charge >= 0.3 is 0 Å². The van der Waals surface area contributed by atoms with Gasteiger partial charge in [-0.05, 0) is 54.8 Å². The number of nitrogens with one attached hydrogen (secondary N) is 1. The van der Waals surface area contributed by atoms with Crippen molar-refractivity contribution in [3.05, 3.63) is 63.6 Å². The second-order valence-corrected chi connectivity index (χ2v) is 5.49. The second-order valence-electron chi connectivity index (χ2n) is 4.62. The molecule has 1 atom stereocenters. The third kappa shape index (κ3) is 3.65. The normalized spacial score (nSPS) is 12.2. The number of hydrogen-bond donors (Lipinski definition) is 1. The minimum absolute atomic E-state index is 0.249. The van der Waals surface area contributed by atoms with E-state index < -0.39 is 0 Å². The third-order valence-corrected chi connectivity index (χ3v) is 3.65. The van der Waals surface area contributed by atoms with Crippen LogP contribution in [0, 0.1) is 6.92 Å². The molecule has 0 saturated heterocycles. The van der Waals surface area contributed by atoms with Crippen LogP contribution in [-0.2, 0) is 0 Å². The van der Waals surface area contributed by atoms with Crippen LogP contribution >= 0.6 is 23.2 Å². The Hall–Kier alpha value is -1.18. The van der Waals surface area contributed by atoms with E-state index in [0.717, 1.165) is 27.7 Å². The summed E-state index contributed by atoms with van der Waals surface area (Å²) in [5, 5.41) is 5.08. The Morgan fingerprint density at radius 2 is 1.79 bits per heavy atom. The van der Waals surface area contributed by atoms with Gasteiger partial charge in [0.05, 0.1) is 6.04 Å². The average molecular weight is 294 g/mol. The van der Waals surface area contributed by atoms with Gasteiger partial charge in [0.15, 0.2) is 0 Å². The van der Waals surface area contributed by atoms with Crippen LogP contribution in [0.4, 0.5) is 5.69 Å². The van der Waals surface area contributed by atoms with Gasteiger partial charge in [-0.25, -0.2) is 0 Å². The number of rotatable bonds is 4. The van der Waals surface area contributed by atoms with E-state index in [2.05, 4.69) is 25.2 Å². The van der Waals surface area contributed by atoms with Crippen LogP contribution in [0.3, 0.4) is 0 Å².